The topological polar surface area (TPSA) is 0 Å². The number of alkyl halides is 1. The van der Waals surface area contributed by atoms with Crippen molar-refractivity contribution in [1.82, 2.24) is 0 Å². The van der Waals surface area contributed by atoms with E-state index in [0.29, 0.717) is 11.5 Å². The first-order chi connectivity index (χ1) is 5.63. The van der Waals surface area contributed by atoms with E-state index in [1.165, 1.54) is 0 Å². The first kappa shape index (κ1) is 9.24. The first-order valence-corrected chi connectivity index (χ1v) is 4.19. The highest BCUT2D eigenvalue weighted by atomic mass is 19.1. The molecule has 1 heteroatoms. The van der Waals surface area contributed by atoms with Crippen LogP contribution in [0.5, 0.6) is 0 Å². The van der Waals surface area contributed by atoms with Crippen molar-refractivity contribution in [3.8, 4) is 0 Å². The van der Waals surface area contributed by atoms with Gasteiger partial charge in [-0.25, -0.2) is 4.39 Å². The minimum Gasteiger partial charge on any atom is -0.242 e. The summed E-state index contributed by atoms with van der Waals surface area (Å²) >= 11 is 0. The molecule has 0 aromatic heterocycles. The molecular formula is C11H14F. The Kier molecular flexibility index (Phi) is 2.85. The third kappa shape index (κ3) is 1.84. The van der Waals surface area contributed by atoms with Crippen molar-refractivity contribution in [2.45, 2.75) is 25.9 Å². The van der Waals surface area contributed by atoms with E-state index < -0.39 is 6.17 Å². The van der Waals surface area contributed by atoms with E-state index in [4.69, 9.17) is 0 Å². The summed E-state index contributed by atoms with van der Waals surface area (Å²) in [5.74, 6) is 0.362. The third-order valence-electron chi connectivity index (χ3n) is 1.96. The highest BCUT2D eigenvalue weighted by Crippen LogP contribution is 2.26. The van der Waals surface area contributed by atoms with Gasteiger partial charge in [0.25, 0.3) is 0 Å². The fourth-order valence-corrected chi connectivity index (χ4v) is 1.32. The van der Waals surface area contributed by atoms with Gasteiger partial charge in [-0.3, -0.25) is 0 Å². The lowest BCUT2D eigenvalue weighted by Gasteiger charge is -2.12. The second-order valence-electron chi connectivity index (χ2n) is 3.25. The van der Waals surface area contributed by atoms with Gasteiger partial charge in [0, 0.05) is 0 Å². The molecule has 1 aromatic rings. The van der Waals surface area contributed by atoms with Crippen LogP contribution in [0.25, 0.3) is 0 Å². The van der Waals surface area contributed by atoms with E-state index >= 15 is 0 Å². The molecule has 0 heterocycles. The Labute approximate surface area is 73.4 Å². The molecule has 0 aliphatic heterocycles. The summed E-state index contributed by atoms with van der Waals surface area (Å²) in [7, 11) is 0. The molecular weight excluding hydrogens is 151 g/mol. The zero-order valence-electron chi connectivity index (χ0n) is 7.55. The van der Waals surface area contributed by atoms with Gasteiger partial charge in [-0.1, -0.05) is 38.1 Å². The second-order valence-corrected chi connectivity index (χ2v) is 3.25. The first-order valence-electron chi connectivity index (χ1n) is 4.19. The smallest absolute Gasteiger partial charge is 0.126 e. The standard InChI is InChI=1S/C11H14F/c1-8(2)10-6-4-5-7-11(10)9(3)12/h4-9H,3H2,1-2H3. The lowest BCUT2D eigenvalue weighted by atomic mass is 9.95. The van der Waals surface area contributed by atoms with E-state index in [9.17, 15) is 4.39 Å². The van der Waals surface area contributed by atoms with E-state index in [1.807, 2.05) is 18.2 Å². The van der Waals surface area contributed by atoms with Crippen molar-refractivity contribution in [3.63, 3.8) is 0 Å². The third-order valence-corrected chi connectivity index (χ3v) is 1.96. The summed E-state index contributed by atoms with van der Waals surface area (Å²) in [6, 6.07) is 7.53. The summed E-state index contributed by atoms with van der Waals surface area (Å²) in [5.41, 5.74) is 1.77. The monoisotopic (exact) mass is 165 g/mol. The quantitative estimate of drug-likeness (QED) is 0.627. The number of hydrogen-bond acceptors (Lipinski definition) is 0. The fourth-order valence-electron chi connectivity index (χ4n) is 1.32. The molecule has 0 fully saturated rings. The van der Waals surface area contributed by atoms with Crippen molar-refractivity contribution in [2.75, 3.05) is 0 Å². The lowest BCUT2D eigenvalue weighted by Crippen LogP contribution is -1.96. The average Bonchev–Trinajstić information content (AvgIpc) is 2.04. The van der Waals surface area contributed by atoms with Crippen molar-refractivity contribution in [3.05, 3.63) is 42.3 Å². The molecule has 0 N–H and O–H groups in total. The predicted molar refractivity (Wildman–Crippen MR) is 49.7 cm³/mol. The van der Waals surface area contributed by atoms with Gasteiger partial charge in [-0.05, 0) is 24.0 Å². The summed E-state index contributed by atoms with van der Waals surface area (Å²) in [4.78, 5) is 0. The van der Waals surface area contributed by atoms with Crippen LogP contribution in [0.2, 0.25) is 0 Å². The lowest BCUT2D eigenvalue weighted by molar-refractivity contribution is 0.407. The Bertz CT molecular complexity index is 224. The summed E-state index contributed by atoms with van der Waals surface area (Å²) in [6.45, 7) is 7.50. The van der Waals surface area contributed by atoms with Gasteiger partial charge < -0.3 is 0 Å². The minimum absolute atomic E-state index is 0.362. The van der Waals surface area contributed by atoms with Crippen LogP contribution in [0.4, 0.5) is 4.39 Å². The van der Waals surface area contributed by atoms with Crippen LogP contribution in [0.15, 0.2) is 24.3 Å². The van der Waals surface area contributed by atoms with Gasteiger partial charge in [0.15, 0.2) is 0 Å². The van der Waals surface area contributed by atoms with Crippen LogP contribution in [-0.4, -0.2) is 0 Å². The van der Waals surface area contributed by atoms with Crippen molar-refractivity contribution in [1.29, 1.82) is 0 Å². The fraction of sp³-hybridized carbons (Fsp3) is 0.364. The Morgan fingerprint density at radius 3 is 2.00 bits per heavy atom. The zero-order valence-corrected chi connectivity index (χ0v) is 7.55. The highest BCUT2D eigenvalue weighted by Gasteiger charge is 2.10. The maximum atomic E-state index is 12.9. The van der Waals surface area contributed by atoms with Crippen LogP contribution < -0.4 is 0 Å². The van der Waals surface area contributed by atoms with Crippen molar-refractivity contribution >= 4 is 0 Å². The molecule has 65 valence electrons. The molecule has 0 aliphatic carbocycles. The number of hydrogen-bond donors (Lipinski definition) is 0. The number of benzene rings is 1. The van der Waals surface area contributed by atoms with Crippen molar-refractivity contribution in [2.24, 2.45) is 0 Å². The normalized spacial score (nSPS) is 13.4. The van der Waals surface area contributed by atoms with E-state index in [0.717, 1.165) is 5.56 Å². The predicted octanol–water partition coefficient (Wildman–Crippen LogP) is 3.65. The molecule has 12 heavy (non-hydrogen) atoms. The zero-order chi connectivity index (χ0) is 9.14. The van der Waals surface area contributed by atoms with E-state index in [1.54, 1.807) is 6.07 Å². The molecule has 1 radical (unpaired) electrons. The maximum absolute atomic E-state index is 12.9. The van der Waals surface area contributed by atoms with Crippen molar-refractivity contribution < 1.29 is 4.39 Å². The summed E-state index contributed by atoms with van der Waals surface area (Å²) in [6.07, 6.45) is -1.11. The molecule has 0 saturated carbocycles. The summed E-state index contributed by atoms with van der Waals surface area (Å²) in [5, 5.41) is 0. The second kappa shape index (κ2) is 3.70. The van der Waals surface area contributed by atoms with Crippen LogP contribution in [-0.2, 0) is 0 Å². The Hall–Kier alpha value is -0.850. The maximum Gasteiger partial charge on any atom is 0.126 e. The molecule has 1 atom stereocenters. The number of halogens is 1. The van der Waals surface area contributed by atoms with Crippen LogP contribution >= 0.6 is 0 Å². The molecule has 0 nitrogen and oxygen atoms in total. The van der Waals surface area contributed by atoms with Gasteiger partial charge in [-0.15, -0.1) is 0 Å². The Morgan fingerprint density at radius 1 is 1.17 bits per heavy atom. The molecule has 1 unspecified atom stereocenters. The highest BCUT2D eigenvalue weighted by molar-refractivity contribution is 5.31. The Balaban J connectivity index is 3.09. The Morgan fingerprint density at radius 2 is 1.67 bits per heavy atom. The molecule has 1 aromatic carbocycles. The van der Waals surface area contributed by atoms with Gasteiger partial charge >= 0.3 is 0 Å². The molecule has 1 rings (SSSR count). The van der Waals surface area contributed by atoms with Crippen LogP contribution in [0, 0.1) is 6.92 Å². The SMILES string of the molecule is [CH2]C(F)c1ccccc1C(C)C. The molecule has 0 saturated heterocycles. The van der Waals surface area contributed by atoms with Gasteiger partial charge in [0.2, 0.25) is 0 Å². The molecule has 0 bridgehead atoms. The van der Waals surface area contributed by atoms with Crippen LogP contribution in [0.1, 0.15) is 37.1 Å². The van der Waals surface area contributed by atoms with Crippen LogP contribution in [0.3, 0.4) is 0 Å². The summed E-state index contributed by atoms with van der Waals surface area (Å²) < 4.78 is 12.9. The van der Waals surface area contributed by atoms with E-state index in [2.05, 4.69) is 20.8 Å². The largest absolute Gasteiger partial charge is 0.242 e. The number of rotatable bonds is 2. The minimum atomic E-state index is -1.11. The molecule has 0 spiro atoms. The van der Waals surface area contributed by atoms with E-state index in [-0.39, 0.29) is 0 Å². The van der Waals surface area contributed by atoms with Gasteiger partial charge in [0.1, 0.15) is 6.17 Å². The molecule has 0 amide bonds. The van der Waals surface area contributed by atoms with Gasteiger partial charge in [-0.2, -0.15) is 0 Å². The molecule has 0 aliphatic rings. The van der Waals surface area contributed by atoms with Gasteiger partial charge in [0.05, 0.1) is 0 Å². The average molecular weight is 165 g/mol.